The van der Waals surface area contributed by atoms with E-state index in [1.165, 1.54) is 11.8 Å². The van der Waals surface area contributed by atoms with Crippen molar-refractivity contribution in [3.63, 3.8) is 0 Å². The predicted molar refractivity (Wildman–Crippen MR) is 52.1 cm³/mol. The smallest absolute Gasteiger partial charge is 0.322 e. The van der Waals surface area contributed by atoms with E-state index >= 15 is 0 Å². The molecule has 1 aromatic heterocycles. The SMILES string of the molecule is O=C(O)C(Cl)CSCc1ccco1. The largest absolute Gasteiger partial charge is 0.480 e. The Hall–Kier alpha value is -0.610. The van der Waals surface area contributed by atoms with Crippen molar-refractivity contribution in [3.05, 3.63) is 24.2 Å². The summed E-state index contributed by atoms with van der Waals surface area (Å²) in [6.45, 7) is 0. The standard InChI is InChI=1S/C8H9ClO3S/c9-7(8(10)11)5-13-4-6-2-1-3-12-6/h1-3,7H,4-5H2,(H,10,11). The van der Waals surface area contributed by atoms with Gasteiger partial charge < -0.3 is 9.52 Å². The normalized spacial score (nSPS) is 12.7. The fourth-order valence-corrected chi connectivity index (χ4v) is 1.83. The fourth-order valence-electron chi connectivity index (χ4n) is 0.729. The Morgan fingerprint density at radius 1 is 1.77 bits per heavy atom. The molecule has 0 saturated carbocycles. The Labute approximate surface area is 85.1 Å². The van der Waals surface area contributed by atoms with Gasteiger partial charge in [0.25, 0.3) is 0 Å². The molecular formula is C8H9ClO3S. The van der Waals surface area contributed by atoms with Crippen molar-refractivity contribution in [1.29, 1.82) is 0 Å². The molecule has 1 unspecified atom stereocenters. The van der Waals surface area contributed by atoms with Crippen molar-refractivity contribution in [2.24, 2.45) is 0 Å². The number of carboxylic acids is 1. The van der Waals surface area contributed by atoms with E-state index in [-0.39, 0.29) is 0 Å². The van der Waals surface area contributed by atoms with Crippen LogP contribution in [0.3, 0.4) is 0 Å². The van der Waals surface area contributed by atoms with E-state index in [1.54, 1.807) is 12.3 Å². The molecule has 0 amide bonds. The van der Waals surface area contributed by atoms with E-state index in [1.807, 2.05) is 6.07 Å². The molecular weight excluding hydrogens is 212 g/mol. The molecule has 1 rings (SSSR count). The number of carbonyl (C=O) groups is 1. The van der Waals surface area contributed by atoms with Crippen LogP contribution in [-0.4, -0.2) is 22.2 Å². The molecule has 0 saturated heterocycles. The second kappa shape index (κ2) is 5.19. The molecule has 0 aliphatic rings. The first-order chi connectivity index (χ1) is 6.20. The van der Waals surface area contributed by atoms with E-state index in [0.717, 1.165) is 5.76 Å². The minimum absolute atomic E-state index is 0.386. The molecule has 0 fully saturated rings. The molecule has 0 aromatic carbocycles. The van der Waals surface area contributed by atoms with Gasteiger partial charge in [-0.05, 0) is 12.1 Å². The van der Waals surface area contributed by atoms with Crippen LogP contribution in [0, 0.1) is 0 Å². The highest BCUT2D eigenvalue weighted by Crippen LogP contribution is 2.15. The highest BCUT2D eigenvalue weighted by Gasteiger charge is 2.13. The molecule has 1 atom stereocenters. The lowest BCUT2D eigenvalue weighted by atomic mass is 10.5. The van der Waals surface area contributed by atoms with Crippen LogP contribution in [0.5, 0.6) is 0 Å². The third-order valence-electron chi connectivity index (χ3n) is 1.36. The summed E-state index contributed by atoms with van der Waals surface area (Å²) in [5.74, 6) is 0.897. The molecule has 0 radical (unpaired) electrons. The zero-order valence-electron chi connectivity index (χ0n) is 6.77. The summed E-state index contributed by atoms with van der Waals surface area (Å²) in [6, 6.07) is 3.64. The van der Waals surface area contributed by atoms with Gasteiger partial charge in [-0.25, -0.2) is 0 Å². The third-order valence-corrected chi connectivity index (χ3v) is 2.94. The van der Waals surface area contributed by atoms with Gasteiger partial charge in [-0.15, -0.1) is 11.6 Å². The molecule has 1 aromatic rings. The van der Waals surface area contributed by atoms with Gasteiger partial charge in [0.2, 0.25) is 0 Å². The van der Waals surface area contributed by atoms with Crippen molar-refractivity contribution in [2.75, 3.05) is 5.75 Å². The molecule has 1 heterocycles. The van der Waals surface area contributed by atoms with E-state index < -0.39 is 11.3 Å². The highest BCUT2D eigenvalue weighted by atomic mass is 35.5. The number of alkyl halides is 1. The molecule has 0 aliphatic carbocycles. The van der Waals surface area contributed by atoms with Crippen LogP contribution in [0.4, 0.5) is 0 Å². The lowest BCUT2D eigenvalue weighted by Crippen LogP contribution is -2.15. The lowest BCUT2D eigenvalue weighted by molar-refractivity contribution is -0.136. The van der Waals surface area contributed by atoms with Gasteiger partial charge in [0.05, 0.1) is 12.0 Å². The summed E-state index contributed by atoms with van der Waals surface area (Å²) >= 11 is 6.95. The molecule has 0 spiro atoms. The second-order valence-corrected chi connectivity index (χ2v) is 3.96. The lowest BCUT2D eigenvalue weighted by Gasteiger charge is -2.01. The minimum Gasteiger partial charge on any atom is -0.480 e. The second-order valence-electron chi connectivity index (χ2n) is 2.40. The van der Waals surface area contributed by atoms with E-state index in [9.17, 15) is 4.79 Å². The summed E-state index contributed by atoms with van der Waals surface area (Å²) in [4.78, 5) is 10.3. The fraction of sp³-hybridized carbons (Fsp3) is 0.375. The van der Waals surface area contributed by atoms with Gasteiger partial charge in [-0.3, -0.25) is 4.79 Å². The summed E-state index contributed by atoms with van der Waals surface area (Å²) in [5.41, 5.74) is 0. The monoisotopic (exact) mass is 220 g/mol. The maximum atomic E-state index is 10.3. The topological polar surface area (TPSA) is 50.4 Å². The first-order valence-electron chi connectivity index (χ1n) is 3.67. The van der Waals surface area contributed by atoms with Crippen molar-refractivity contribution in [3.8, 4) is 0 Å². The summed E-state index contributed by atoms with van der Waals surface area (Å²) in [7, 11) is 0. The Morgan fingerprint density at radius 2 is 2.54 bits per heavy atom. The average molecular weight is 221 g/mol. The van der Waals surface area contributed by atoms with Crippen molar-refractivity contribution in [2.45, 2.75) is 11.1 Å². The number of hydrogen-bond donors (Lipinski definition) is 1. The predicted octanol–water partition coefficient (Wildman–Crippen LogP) is 2.20. The van der Waals surface area contributed by atoms with Crippen LogP contribution < -0.4 is 0 Å². The van der Waals surface area contributed by atoms with Gasteiger partial charge in [-0.2, -0.15) is 11.8 Å². The van der Waals surface area contributed by atoms with Crippen LogP contribution in [-0.2, 0) is 10.5 Å². The first-order valence-corrected chi connectivity index (χ1v) is 5.26. The quantitative estimate of drug-likeness (QED) is 0.773. The number of halogens is 1. The van der Waals surface area contributed by atoms with Crippen LogP contribution in [0.15, 0.2) is 22.8 Å². The Kier molecular flexibility index (Phi) is 4.18. The van der Waals surface area contributed by atoms with Gasteiger partial charge in [0, 0.05) is 5.75 Å². The summed E-state index contributed by atoms with van der Waals surface area (Å²) < 4.78 is 5.06. The van der Waals surface area contributed by atoms with Gasteiger partial charge >= 0.3 is 5.97 Å². The molecule has 0 aliphatic heterocycles. The van der Waals surface area contributed by atoms with Gasteiger partial charge in [0.15, 0.2) is 0 Å². The van der Waals surface area contributed by atoms with Crippen molar-refractivity contribution >= 4 is 29.3 Å². The maximum Gasteiger partial charge on any atom is 0.322 e. The number of thioether (sulfide) groups is 1. The van der Waals surface area contributed by atoms with Crippen LogP contribution in [0.2, 0.25) is 0 Å². The number of furan rings is 1. The third kappa shape index (κ3) is 3.74. The van der Waals surface area contributed by atoms with Gasteiger partial charge in [0.1, 0.15) is 11.1 Å². The zero-order chi connectivity index (χ0) is 9.68. The number of hydrogen-bond acceptors (Lipinski definition) is 3. The van der Waals surface area contributed by atoms with Gasteiger partial charge in [-0.1, -0.05) is 0 Å². The molecule has 1 N–H and O–H groups in total. The average Bonchev–Trinajstić information content (AvgIpc) is 2.56. The number of rotatable bonds is 5. The molecule has 13 heavy (non-hydrogen) atoms. The summed E-state index contributed by atoms with van der Waals surface area (Å²) in [5, 5.41) is 7.65. The van der Waals surface area contributed by atoms with Crippen molar-refractivity contribution in [1.82, 2.24) is 0 Å². The van der Waals surface area contributed by atoms with Crippen LogP contribution in [0.1, 0.15) is 5.76 Å². The minimum atomic E-state index is -0.978. The van der Waals surface area contributed by atoms with Crippen LogP contribution >= 0.6 is 23.4 Å². The van der Waals surface area contributed by atoms with Crippen molar-refractivity contribution < 1.29 is 14.3 Å². The molecule has 5 heteroatoms. The van der Waals surface area contributed by atoms with E-state index in [2.05, 4.69) is 0 Å². The molecule has 0 bridgehead atoms. The zero-order valence-corrected chi connectivity index (χ0v) is 8.35. The number of aliphatic carboxylic acids is 1. The van der Waals surface area contributed by atoms with E-state index in [0.29, 0.717) is 11.5 Å². The molecule has 72 valence electrons. The Balaban J connectivity index is 2.18. The van der Waals surface area contributed by atoms with E-state index in [4.69, 9.17) is 21.1 Å². The first kappa shape index (κ1) is 10.5. The Bertz CT molecular complexity index is 260. The highest BCUT2D eigenvalue weighted by molar-refractivity contribution is 7.98. The molecule has 3 nitrogen and oxygen atoms in total. The van der Waals surface area contributed by atoms with Crippen LogP contribution in [0.25, 0.3) is 0 Å². The summed E-state index contributed by atoms with van der Waals surface area (Å²) in [6.07, 6.45) is 1.59. The maximum absolute atomic E-state index is 10.3. The Morgan fingerprint density at radius 3 is 3.08 bits per heavy atom. The number of carboxylic acid groups (broad SMARTS) is 1.